The van der Waals surface area contributed by atoms with Crippen LogP contribution in [0.4, 0.5) is 17.1 Å². The number of rotatable bonds is 13. The maximum Gasteiger partial charge on any atom is 0.264 e. The summed E-state index contributed by atoms with van der Waals surface area (Å²) in [5.74, 6) is -0.180. The summed E-state index contributed by atoms with van der Waals surface area (Å²) in [5.41, 5.74) is 9.25. The Kier molecular flexibility index (Phi) is 10.5. The minimum Gasteiger partial charge on any atom is -0.497 e. The normalized spacial score (nSPS) is 21.1. The molecule has 3 heterocycles. The number of hydrogen-bond acceptors (Lipinski definition) is 8. The average molecular weight is 757 g/mol. The van der Waals surface area contributed by atoms with Crippen molar-refractivity contribution in [3.63, 3.8) is 0 Å². The summed E-state index contributed by atoms with van der Waals surface area (Å²) in [7, 11) is -0.752. The number of fused-ring (bicyclic) bond motifs is 2. The third-order valence-electron chi connectivity index (χ3n) is 11.5. The van der Waals surface area contributed by atoms with Crippen LogP contribution in [0.5, 0.6) is 5.75 Å². The highest BCUT2D eigenvalue weighted by molar-refractivity contribution is 6.91. The topological polar surface area (TPSA) is 145 Å². The number of nitrogens with two attached hydrogens (primary N) is 1. The molecule has 5 aromatic rings. The molecule has 0 bridgehead atoms. The molecule has 5 atom stereocenters. The molecule has 2 aliphatic heterocycles. The number of nitrogens with one attached hydrogen (secondary N) is 1. The van der Waals surface area contributed by atoms with Crippen molar-refractivity contribution in [2.24, 2.45) is 5.92 Å². The monoisotopic (exact) mass is 756 g/mol. The molecule has 1 saturated heterocycles. The quantitative estimate of drug-likeness (QED) is 0.0745. The van der Waals surface area contributed by atoms with Crippen LogP contribution in [-0.4, -0.2) is 66.4 Å². The lowest BCUT2D eigenvalue weighted by Gasteiger charge is -2.37. The fourth-order valence-electron chi connectivity index (χ4n) is 8.71. The van der Waals surface area contributed by atoms with Gasteiger partial charge in [0.05, 0.1) is 45.2 Å². The number of hydrogen-bond donors (Lipinski definition) is 3. The second kappa shape index (κ2) is 15.3. The van der Waals surface area contributed by atoms with Gasteiger partial charge in [-0.2, -0.15) is 0 Å². The van der Waals surface area contributed by atoms with E-state index in [0.29, 0.717) is 42.1 Å². The van der Waals surface area contributed by atoms with Gasteiger partial charge in [0.15, 0.2) is 5.60 Å². The van der Waals surface area contributed by atoms with E-state index >= 15 is 0 Å². The van der Waals surface area contributed by atoms with E-state index in [0.717, 1.165) is 22.6 Å². The van der Waals surface area contributed by atoms with Gasteiger partial charge in [-0.3, -0.25) is 14.3 Å². The number of carbonyl (C=O) groups is 2. The van der Waals surface area contributed by atoms with E-state index in [1.807, 2.05) is 66.9 Å². The molecule has 2 amide bonds. The predicted molar refractivity (Wildman–Crippen MR) is 217 cm³/mol. The van der Waals surface area contributed by atoms with Crippen LogP contribution in [-0.2, 0) is 21.7 Å². The lowest BCUT2D eigenvalue weighted by Crippen LogP contribution is -2.51. The first-order valence-electron chi connectivity index (χ1n) is 18.6. The van der Waals surface area contributed by atoms with Crippen LogP contribution in [0.3, 0.4) is 0 Å². The van der Waals surface area contributed by atoms with Gasteiger partial charge in [-0.05, 0) is 72.1 Å². The maximum atomic E-state index is 14.9. The van der Waals surface area contributed by atoms with Crippen molar-refractivity contribution in [2.75, 3.05) is 36.2 Å². The lowest BCUT2D eigenvalue weighted by molar-refractivity contribution is -0.145. The van der Waals surface area contributed by atoms with Crippen LogP contribution in [0.2, 0.25) is 18.6 Å². The average Bonchev–Trinajstić information content (AvgIpc) is 3.85. The van der Waals surface area contributed by atoms with Gasteiger partial charge in [0.1, 0.15) is 5.75 Å². The number of aliphatic hydroxyl groups excluding tert-OH is 1. The summed E-state index contributed by atoms with van der Waals surface area (Å²) in [6.07, 6.45) is 3.85. The van der Waals surface area contributed by atoms with Crippen molar-refractivity contribution in [3.8, 4) is 5.75 Å². The zero-order valence-corrected chi connectivity index (χ0v) is 32.7. The number of methoxy groups -OCH3 is 1. The van der Waals surface area contributed by atoms with E-state index in [2.05, 4.69) is 54.4 Å². The standard InChI is InChI=1S/C43H48N6O5Si/c1-6-23-49-38-21-16-32(45-41(51)30-12-14-31(44)15-13-30)25-36(38)43(42(49)52)28(2)40(55(4,5)34-19-17-33(53-3)18-20-34)39(54-43)22-24-48-26-37(46-47-48)35(27-50)29-10-8-7-9-11-29/h6-21,25-26,28,35,39-40,50H,1,22-24,27,44H2,2-5H3,(H,45,51)/t28-,35?,39+,40-,43+/m0/s1. The fraction of sp³-hybridized carbons (Fsp3) is 0.302. The summed E-state index contributed by atoms with van der Waals surface area (Å²) in [6.45, 7) is 11.5. The van der Waals surface area contributed by atoms with Gasteiger partial charge in [0.25, 0.3) is 11.8 Å². The molecule has 12 heteroatoms. The van der Waals surface area contributed by atoms with Crippen molar-refractivity contribution >= 4 is 42.1 Å². The highest BCUT2D eigenvalue weighted by atomic mass is 28.3. The van der Waals surface area contributed by atoms with Crippen molar-refractivity contribution in [1.82, 2.24) is 15.0 Å². The Morgan fingerprint density at radius 2 is 1.82 bits per heavy atom. The molecule has 1 fully saturated rings. The maximum absolute atomic E-state index is 14.9. The van der Waals surface area contributed by atoms with Crippen LogP contribution < -0.4 is 25.9 Å². The van der Waals surface area contributed by atoms with Crippen molar-refractivity contribution < 1.29 is 24.2 Å². The molecule has 1 spiro atoms. The van der Waals surface area contributed by atoms with E-state index in [4.69, 9.17) is 15.2 Å². The van der Waals surface area contributed by atoms with Crippen molar-refractivity contribution in [2.45, 2.75) is 56.1 Å². The van der Waals surface area contributed by atoms with Crippen molar-refractivity contribution in [3.05, 3.63) is 138 Å². The number of anilines is 3. The Balaban J connectivity index is 1.26. The number of amides is 2. The molecule has 4 aromatic carbocycles. The number of nitrogens with zero attached hydrogens (tertiary/aromatic N) is 4. The summed E-state index contributed by atoms with van der Waals surface area (Å²) in [6, 6.07) is 30.4. The predicted octanol–water partition coefficient (Wildman–Crippen LogP) is 6.08. The highest BCUT2D eigenvalue weighted by Crippen LogP contribution is 2.60. The molecule has 4 N–H and O–H groups in total. The van der Waals surface area contributed by atoms with E-state index in [-0.39, 0.29) is 41.9 Å². The van der Waals surface area contributed by atoms with Crippen LogP contribution >= 0.6 is 0 Å². The SMILES string of the molecule is C=CCN1C(=O)[C@]2(O[C@H](CCn3cc(C(CO)c4ccccc4)nn3)[C@@H]([Si](C)(C)c3ccc(OC)cc3)[C@@H]2C)c2cc(NC(=O)c3ccc(N)cc3)ccc21. The van der Waals surface area contributed by atoms with Gasteiger partial charge in [-0.15, -0.1) is 11.7 Å². The summed E-state index contributed by atoms with van der Waals surface area (Å²) in [4.78, 5) is 30.0. The molecule has 2 aliphatic rings. The number of aliphatic hydroxyl groups is 1. The van der Waals surface area contributed by atoms with E-state index in [1.54, 1.807) is 47.0 Å². The fourth-order valence-corrected chi connectivity index (χ4v) is 12.8. The van der Waals surface area contributed by atoms with E-state index in [9.17, 15) is 14.7 Å². The minimum atomic E-state index is -2.41. The van der Waals surface area contributed by atoms with Gasteiger partial charge in [-0.1, -0.05) is 79.0 Å². The molecule has 284 valence electrons. The second-order valence-electron chi connectivity index (χ2n) is 15.0. The zero-order chi connectivity index (χ0) is 38.9. The largest absolute Gasteiger partial charge is 0.497 e. The Morgan fingerprint density at radius 3 is 2.49 bits per heavy atom. The van der Waals surface area contributed by atoms with Gasteiger partial charge in [0.2, 0.25) is 0 Å². The molecule has 0 aliphatic carbocycles. The van der Waals surface area contributed by atoms with Crippen LogP contribution in [0.1, 0.15) is 46.4 Å². The molecule has 0 saturated carbocycles. The zero-order valence-electron chi connectivity index (χ0n) is 31.7. The third kappa shape index (κ3) is 6.86. The summed E-state index contributed by atoms with van der Waals surface area (Å²) < 4.78 is 14.6. The van der Waals surface area contributed by atoms with Gasteiger partial charge in [-0.25, -0.2) is 0 Å². The number of aryl methyl sites for hydroxylation is 1. The molecule has 0 radical (unpaired) electrons. The first-order valence-corrected chi connectivity index (χ1v) is 21.7. The number of aromatic nitrogens is 3. The highest BCUT2D eigenvalue weighted by Gasteiger charge is 2.66. The minimum absolute atomic E-state index is 0.00750. The van der Waals surface area contributed by atoms with Gasteiger partial charge < -0.3 is 30.5 Å². The molecular weight excluding hydrogens is 709 g/mol. The Hall–Kier alpha value is -5.56. The molecule has 55 heavy (non-hydrogen) atoms. The molecule has 1 unspecified atom stereocenters. The Morgan fingerprint density at radius 1 is 1.09 bits per heavy atom. The third-order valence-corrected chi connectivity index (χ3v) is 15.9. The number of carbonyl (C=O) groups excluding carboxylic acids is 2. The van der Waals surface area contributed by atoms with Crippen LogP contribution in [0, 0.1) is 5.92 Å². The molecular formula is C43H48N6O5Si. The second-order valence-corrected chi connectivity index (χ2v) is 19.7. The Bertz CT molecular complexity index is 2170. The van der Waals surface area contributed by atoms with Gasteiger partial charge >= 0.3 is 0 Å². The first-order chi connectivity index (χ1) is 26.5. The molecule has 1 aromatic heterocycles. The number of nitrogen functional groups attached to an aromatic ring is 1. The van der Waals surface area contributed by atoms with E-state index in [1.165, 1.54) is 5.19 Å². The first kappa shape index (κ1) is 37.7. The Labute approximate surface area is 322 Å². The van der Waals surface area contributed by atoms with E-state index < -0.39 is 13.7 Å². The van der Waals surface area contributed by atoms with Crippen molar-refractivity contribution in [1.29, 1.82) is 0 Å². The molecule has 11 nitrogen and oxygen atoms in total. The lowest BCUT2D eigenvalue weighted by atomic mass is 9.82. The number of ether oxygens (including phenoxy) is 2. The number of benzene rings is 4. The van der Waals surface area contributed by atoms with Crippen LogP contribution in [0.25, 0.3) is 0 Å². The smallest absolute Gasteiger partial charge is 0.264 e. The van der Waals surface area contributed by atoms with Gasteiger partial charge in [0, 0.05) is 47.7 Å². The summed E-state index contributed by atoms with van der Waals surface area (Å²) >= 11 is 0. The summed E-state index contributed by atoms with van der Waals surface area (Å²) in [5, 5.41) is 23.5. The van der Waals surface area contributed by atoms with Crippen LogP contribution in [0.15, 0.2) is 116 Å². The molecule has 7 rings (SSSR count).